The van der Waals surface area contributed by atoms with Crippen LogP contribution in [0.4, 0.5) is 5.69 Å². The van der Waals surface area contributed by atoms with Crippen molar-refractivity contribution < 1.29 is 14.4 Å². The zero-order valence-corrected chi connectivity index (χ0v) is 14.7. The average Bonchev–Trinajstić information content (AvgIpc) is 2.69. The fourth-order valence-electron chi connectivity index (χ4n) is 3.17. The van der Waals surface area contributed by atoms with E-state index in [0.717, 1.165) is 38.5 Å². The predicted molar refractivity (Wildman–Crippen MR) is 99.5 cm³/mol. The number of quaternary nitrogens is 1. The van der Waals surface area contributed by atoms with Crippen LogP contribution in [0.1, 0.15) is 10.4 Å². The highest BCUT2D eigenvalue weighted by Crippen LogP contribution is 2.12. The van der Waals surface area contributed by atoms with Crippen LogP contribution in [-0.2, 0) is 0 Å². The van der Waals surface area contributed by atoms with Crippen molar-refractivity contribution >= 4 is 11.6 Å². The van der Waals surface area contributed by atoms with E-state index in [1.165, 1.54) is 5.69 Å². The summed E-state index contributed by atoms with van der Waals surface area (Å²) in [5.74, 6) is 0.738. The van der Waals surface area contributed by atoms with Crippen LogP contribution in [0.2, 0.25) is 0 Å². The van der Waals surface area contributed by atoms with Gasteiger partial charge in [0.1, 0.15) is 5.75 Å². The molecule has 1 heterocycles. The number of hydrogen-bond acceptors (Lipinski definition) is 3. The lowest BCUT2D eigenvalue weighted by Gasteiger charge is -2.33. The minimum Gasteiger partial charge on any atom is -0.497 e. The smallest absolute Gasteiger partial charge is 0.251 e. The van der Waals surface area contributed by atoms with Gasteiger partial charge in [-0.1, -0.05) is 18.2 Å². The number of benzene rings is 2. The van der Waals surface area contributed by atoms with Crippen LogP contribution in [0.3, 0.4) is 0 Å². The fourth-order valence-corrected chi connectivity index (χ4v) is 3.17. The molecule has 0 unspecified atom stereocenters. The van der Waals surface area contributed by atoms with Crippen molar-refractivity contribution in [3.63, 3.8) is 0 Å². The van der Waals surface area contributed by atoms with Gasteiger partial charge >= 0.3 is 0 Å². The Balaban J connectivity index is 1.39. The van der Waals surface area contributed by atoms with Gasteiger partial charge in [0.15, 0.2) is 0 Å². The standard InChI is InChI=1S/C20H25N3O2/c1-25-19-9-7-17(8-10-19)20(24)21-11-12-22-13-15-23(16-14-22)18-5-3-2-4-6-18/h2-10H,11-16H2,1H3,(H,21,24)/p+1. The van der Waals surface area contributed by atoms with Crippen LogP contribution in [0.5, 0.6) is 5.75 Å². The molecule has 5 nitrogen and oxygen atoms in total. The van der Waals surface area contributed by atoms with Gasteiger partial charge in [-0.25, -0.2) is 0 Å². The van der Waals surface area contributed by atoms with Gasteiger partial charge in [-0.05, 0) is 36.4 Å². The average molecular weight is 340 g/mol. The van der Waals surface area contributed by atoms with Crippen LogP contribution < -0.4 is 19.9 Å². The summed E-state index contributed by atoms with van der Waals surface area (Å²) < 4.78 is 5.11. The van der Waals surface area contributed by atoms with Gasteiger partial charge < -0.3 is 19.9 Å². The molecule has 2 aromatic rings. The molecule has 0 aliphatic carbocycles. The Morgan fingerprint density at radius 1 is 1.08 bits per heavy atom. The van der Waals surface area contributed by atoms with E-state index in [2.05, 4.69) is 40.5 Å². The molecule has 0 saturated carbocycles. The maximum atomic E-state index is 12.2. The summed E-state index contributed by atoms with van der Waals surface area (Å²) in [5, 5.41) is 3.01. The molecule has 1 fully saturated rings. The monoisotopic (exact) mass is 340 g/mol. The van der Waals surface area contributed by atoms with E-state index in [4.69, 9.17) is 4.74 Å². The fraction of sp³-hybridized carbons (Fsp3) is 0.350. The van der Waals surface area contributed by atoms with Gasteiger partial charge in [0.2, 0.25) is 0 Å². The van der Waals surface area contributed by atoms with Gasteiger partial charge in [0, 0.05) is 11.3 Å². The van der Waals surface area contributed by atoms with Crippen molar-refractivity contribution in [2.45, 2.75) is 0 Å². The number of ether oxygens (including phenoxy) is 1. The zero-order chi connectivity index (χ0) is 17.5. The van der Waals surface area contributed by atoms with E-state index in [0.29, 0.717) is 12.1 Å². The second kappa shape index (κ2) is 8.53. The molecule has 0 radical (unpaired) electrons. The van der Waals surface area contributed by atoms with Gasteiger partial charge in [-0.3, -0.25) is 4.79 Å². The molecule has 3 rings (SSSR count). The highest BCUT2D eigenvalue weighted by Gasteiger charge is 2.19. The molecular weight excluding hydrogens is 314 g/mol. The third kappa shape index (κ3) is 4.73. The maximum absolute atomic E-state index is 12.2. The van der Waals surface area contributed by atoms with Crippen LogP contribution in [0, 0.1) is 0 Å². The Labute approximate surface area is 149 Å². The van der Waals surface area contributed by atoms with E-state index in [1.807, 2.05) is 12.1 Å². The van der Waals surface area contributed by atoms with Gasteiger partial charge in [0.05, 0.1) is 46.4 Å². The first-order valence-corrected chi connectivity index (χ1v) is 8.82. The molecule has 0 bridgehead atoms. The molecule has 0 aromatic heterocycles. The Kier molecular flexibility index (Phi) is 5.90. The van der Waals surface area contributed by atoms with Crippen molar-refractivity contribution in [2.75, 3.05) is 51.3 Å². The van der Waals surface area contributed by atoms with Gasteiger partial charge in [0.25, 0.3) is 5.91 Å². The number of hydrogen-bond donors (Lipinski definition) is 2. The molecule has 1 saturated heterocycles. The number of piperazine rings is 1. The Hall–Kier alpha value is -2.53. The number of carbonyl (C=O) groups is 1. The summed E-state index contributed by atoms with van der Waals surface area (Å²) in [4.78, 5) is 16.1. The molecule has 2 aromatic carbocycles. The number of para-hydroxylation sites is 1. The SMILES string of the molecule is COc1ccc(C(=O)NCC[NH+]2CCN(c3ccccc3)CC2)cc1. The third-order valence-electron chi connectivity index (χ3n) is 4.71. The highest BCUT2D eigenvalue weighted by atomic mass is 16.5. The minimum atomic E-state index is -0.0232. The number of rotatable bonds is 6. The Bertz CT molecular complexity index is 665. The number of methoxy groups -OCH3 is 1. The van der Waals surface area contributed by atoms with Crippen LogP contribution in [0.25, 0.3) is 0 Å². The zero-order valence-electron chi connectivity index (χ0n) is 14.7. The van der Waals surface area contributed by atoms with Gasteiger partial charge in [-0.2, -0.15) is 0 Å². The number of nitrogens with one attached hydrogen (secondary N) is 2. The first-order valence-electron chi connectivity index (χ1n) is 8.82. The molecule has 25 heavy (non-hydrogen) atoms. The summed E-state index contributed by atoms with van der Waals surface area (Å²) in [6, 6.07) is 17.8. The number of nitrogens with zero attached hydrogens (tertiary/aromatic N) is 1. The van der Waals surface area contributed by atoms with Crippen molar-refractivity contribution in [1.82, 2.24) is 5.32 Å². The van der Waals surface area contributed by atoms with Crippen molar-refractivity contribution in [2.24, 2.45) is 0 Å². The lowest BCUT2D eigenvalue weighted by Crippen LogP contribution is -3.15. The summed E-state index contributed by atoms with van der Waals surface area (Å²) in [6.45, 7) is 5.99. The summed E-state index contributed by atoms with van der Waals surface area (Å²) in [5.41, 5.74) is 1.97. The molecule has 2 N–H and O–H groups in total. The molecule has 1 amide bonds. The summed E-state index contributed by atoms with van der Waals surface area (Å²) in [6.07, 6.45) is 0. The molecule has 5 heteroatoms. The van der Waals surface area contributed by atoms with Crippen molar-refractivity contribution in [3.05, 3.63) is 60.2 Å². The number of amides is 1. The molecule has 0 spiro atoms. The molecule has 0 atom stereocenters. The number of anilines is 1. The van der Waals surface area contributed by atoms with E-state index in [1.54, 1.807) is 24.1 Å². The predicted octanol–water partition coefficient (Wildman–Crippen LogP) is 0.830. The minimum absolute atomic E-state index is 0.0232. The quantitative estimate of drug-likeness (QED) is 0.819. The lowest BCUT2D eigenvalue weighted by atomic mass is 10.2. The van der Waals surface area contributed by atoms with Crippen molar-refractivity contribution in [3.8, 4) is 5.75 Å². The first kappa shape index (κ1) is 17.3. The second-order valence-electron chi connectivity index (χ2n) is 6.31. The van der Waals surface area contributed by atoms with E-state index >= 15 is 0 Å². The van der Waals surface area contributed by atoms with Crippen LogP contribution in [-0.4, -0.2) is 52.3 Å². The maximum Gasteiger partial charge on any atom is 0.251 e. The Morgan fingerprint density at radius 3 is 2.40 bits per heavy atom. The molecule has 132 valence electrons. The topological polar surface area (TPSA) is 46.0 Å². The summed E-state index contributed by atoms with van der Waals surface area (Å²) in [7, 11) is 1.62. The summed E-state index contributed by atoms with van der Waals surface area (Å²) >= 11 is 0. The second-order valence-corrected chi connectivity index (χ2v) is 6.31. The van der Waals surface area contributed by atoms with Gasteiger partial charge in [-0.15, -0.1) is 0 Å². The van der Waals surface area contributed by atoms with E-state index in [-0.39, 0.29) is 5.91 Å². The first-order chi connectivity index (χ1) is 12.3. The molecule has 1 aliphatic heterocycles. The normalized spacial score (nSPS) is 15.0. The Morgan fingerprint density at radius 2 is 1.76 bits per heavy atom. The van der Waals surface area contributed by atoms with Crippen LogP contribution >= 0.6 is 0 Å². The van der Waals surface area contributed by atoms with Crippen molar-refractivity contribution in [1.29, 1.82) is 0 Å². The lowest BCUT2D eigenvalue weighted by molar-refractivity contribution is -0.899. The largest absolute Gasteiger partial charge is 0.497 e. The molecule has 1 aliphatic rings. The molecular formula is C20H26N3O2+. The van der Waals surface area contributed by atoms with E-state index in [9.17, 15) is 4.79 Å². The highest BCUT2D eigenvalue weighted by molar-refractivity contribution is 5.94. The number of carbonyl (C=O) groups excluding carboxylic acids is 1. The third-order valence-corrected chi connectivity index (χ3v) is 4.71. The van der Waals surface area contributed by atoms with Crippen LogP contribution in [0.15, 0.2) is 54.6 Å². The van der Waals surface area contributed by atoms with E-state index < -0.39 is 0 Å².